The Hall–Kier alpha value is -3.01. The van der Waals surface area contributed by atoms with Gasteiger partial charge in [0.05, 0.1) is 6.04 Å². The van der Waals surface area contributed by atoms with Crippen molar-refractivity contribution in [1.29, 1.82) is 5.41 Å². The normalized spacial score (nSPS) is 23.9. The first-order valence-electron chi connectivity index (χ1n) is 12.2. The number of amides is 1. The number of allylic oxidation sites excluding steroid dienone is 1. The van der Waals surface area contributed by atoms with Crippen LogP contribution in [-0.2, 0) is 11.2 Å². The Morgan fingerprint density at radius 3 is 2.50 bits per heavy atom. The molecule has 34 heavy (non-hydrogen) atoms. The van der Waals surface area contributed by atoms with E-state index in [1.165, 1.54) is 0 Å². The first-order chi connectivity index (χ1) is 16.0. The molecule has 0 radical (unpaired) electrons. The molecule has 3 rings (SSSR count). The summed E-state index contributed by atoms with van der Waals surface area (Å²) in [6, 6.07) is 15.6. The molecule has 2 N–H and O–H groups in total. The van der Waals surface area contributed by atoms with E-state index < -0.39 is 0 Å². The molecule has 4 heteroatoms. The van der Waals surface area contributed by atoms with Crippen molar-refractivity contribution >= 4 is 17.4 Å². The van der Waals surface area contributed by atoms with Gasteiger partial charge in [0.25, 0.3) is 5.91 Å². The first-order valence-corrected chi connectivity index (χ1v) is 12.2. The molecule has 0 bridgehead atoms. The maximum atomic E-state index is 13.3. The highest BCUT2D eigenvalue weighted by Crippen LogP contribution is 2.45. The molecule has 0 heterocycles. The summed E-state index contributed by atoms with van der Waals surface area (Å²) in [5.41, 5.74) is 3.90. The summed E-state index contributed by atoms with van der Waals surface area (Å²) in [6.07, 6.45) is 3.27. The molecule has 0 spiro atoms. The molecule has 0 aliphatic heterocycles. The van der Waals surface area contributed by atoms with Crippen LogP contribution >= 0.6 is 0 Å². The number of nitrogens with one attached hydrogen (secondary N) is 2. The van der Waals surface area contributed by atoms with Gasteiger partial charge in [-0.2, -0.15) is 0 Å². The molecule has 0 saturated heterocycles. The van der Waals surface area contributed by atoms with Gasteiger partial charge in [0, 0.05) is 29.5 Å². The Balaban J connectivity index is 1.80. The smallest absolute Gasteiger partial charge is 0.251 e. The molecule has 2 unspecified atom stereocenters. The summed E-state index contributed by atoms with van der Waals surface area (Å²) >= 11 is 0. The summed E-state index contributed by atoms with van der Waals surface area (Å²) < 4.78 is 0. The lowest BCUT2D eigenvalue weighted by atomic mass is 9.65. The lowest BCUT2D eigenvalue weighted by molar-refractivity contribution is -0.125. The lowest BCUT2D eigenvalue weighted by Gasteiger charge is -2.38. The summed E-state index contributed by atoms with van der Waals surface area (Å²) in [7, 11) is 0. The molecular weight excluding hydrogens is 420 g/mol. The molecule has 1 saturated carbocycles. The second-order valence-corrected chi connectivity index (χ2v) is 10.5. The van der Waals surface area contributed by atoms with Gasteiger partial charge in [-0.15, -0.1) is 6.58 Å². The van der Waals surface area contributed by atoms with E-state index in [1.807, 2.05) is 68.5 Å². The SMILES string of the molecule is C=CC1C(=N)CC(Cc2cc(C)cc(C(=O)N[C@H](C)c3ccccc3)c2)C(=O)C[C@@]1(C)C(C)C. The predicted molar refractivity (Wildman–Crippen MR) is 139 cm³/mol. The van der Waals surface area contributed by atoms with Crippen LogP contribution in [0.1, 0.15) is 73.6 Å². The number of aryl methyl sites for hydroxylation is 1. The second-order valence-electron chi connectivity index (χ2n) is 10.5. The maximum absolute atomic E-state index is 13.3. The van der Waals surface area contributed by atoms with Crippen LogP contribution < -0.4 is 5.32 Å². The zero-order chi connectivity index (χ0) is 25.0. The second kappa shape index (κ2) is 10.5. The van der Waals surface area contributed by atoms with Gasteiger partial charge >= 0.3 is 0 Å². The molecular formula is C30H38N2O2. The van der Waals surface area contributed by atoms with Crippen LogP contribution in [0.4, 0.5) is 0 Å². The molecule has 4 atom stereocenters. The Bertz CT molecular complexity index is 1070. The standard InChI is InChI=1S/C30H38N2O2/c1-7-26-27(31)17-24(28(33)18-30(26,6)19(2)3)15-22-13-20(4)14-25(16-22)29(34)32-21(5)23-11-9-8-10-12-23/h7-14,16,19,21,24,26,31H,1,15,17-18H2,2-6H3,(H,32,34)/t21-,24?,26?,30+/m1/s1. The highest BCUT2D eigenvalue weighted by Gasteiger charge is 2.44. The van der Waals surface area contributed by atoms with Crippen LogP contribution in [0, 0.1) is 35.5 Å². The molecule has 0 aromatic heterocycles. The summed E-state index contributed by atoms with van der Waals surface area (Å²) in [4.78, 5) is 26.4. The van der Waals surface area contributed by atoms with Crippen LogP contribution in [-0.4, -0.2) is 17.4 Å². The van der Waals surface area contributed by atoms with Crippen LogP contribution in [0.25, 0.3) is 0 Å². The molecule has 1 amide bonds. The number of Topliss-reactive ketones (excluding diaryl/α,β-unsaturated/α-hetero) is 1. The summed E-state index contributed by atoms with van der Waals surface area (Å²) in [5.74, 6) is -0.00785. The minimum Gasteiger partial charge on any atom is -0.346 e. The number of hydrogen-bond donors (Lipinski definition) is 2. The van der Waals surface area contributed by atoms with Crippen molar-refractivity contribution in [1.82, 2.24) is 5.32 Å². The Morgan fingerprint density at radius 1 is 1.21 bits per heavy atom. The number of hydrogen-bond acceptors (Lipinski definition) is 3. The fourth-order valence-corrected chi connectivity index (χ4v) is 5.20. The largest absolute Gasteiger partial charge is 0.346 e. The number of benzene rings is 2. The van der Waals surface area contributed by atoms with E-state index in [9.17, 15) is 9.59 Å². The van der Waals surface area contributed by atoms with Crippen LogP contribution in [0.3, 0.4) is 0 Å². The fourth-order valence-electron chi connectivity index (χ4n) is 5.20. The van der Waals surface area contributed by atoms with E-state index in [2.05, 4.69) is 32.7 Å². The average Bonchev–Trinajstić information content (AvgIpc) is 2.87. The Kier molecular flexibility index (Phi) is 7.91. The first kappa shape index (κ1) is 25.6. The quantitative estimate of drug-likeness (QED) is 0.368. The number of ketones is 1. The van der Waals surface area contributed by atoms with Gasteiger partial charge in [-0.05, 0) is 61.3 Å². The predicted octanol–water partition coefficient (Wildman–Crippen LogP) is 6.49. The molecule has 1 aliphatic carbocycles. The monoisotopic (exact) mass is 458 g/mol. The number of rotatable bonds is 7. The topological polar surface area (TPSA) is 70.0 Å². The highest BCUT2D eigenvalue weighted by molar-refractivity contribution is 5.96. The number of carbonyl (C=O) groups is 2. The third-order valence-electron chi connectivity index (χ3n) is 7.65. The van der Waals surface area contributed by atoms with Crippen molar-refractivity contribution in [2.24, 2.45) is 23.2 Å². The lowest BCUT2D eigenvalue weighted by Crippen LogP contribution is -2.36. The zero-order valence-corrected chi connectivity index (χ0v) is 21.2. The van der Waals surface area contributed by atoms with E-state index in [0.29, 0.717) is 30.5 Å². The van der Waals surface area contributed by atoms with E-state index in [0.717, 1.165) is 16.7 Å². The van der Waals surface area contributed by atoms with E-state index >= 15 is 0 Å². The molecule has 180 valence electrons. The third-order valence-corrected chi connectivity index (χ3v) is 7.65. The van der Waals surface area contributed by atoms with Crippen LogP contribution in [0.5, 0.6) is 0 Å². The van der Waals surface area contributed by atoms with E-state index in [-0.39, 0.29) is 40.9 Å². The molecule has 1 aliphatic rings. The van der Waals surface area contributed by atoms with E-state index in [1.54, 1.807) is 0 Å². The summed E-state index contributed by atoms with van der Waals surface area (Å²) in [6.45, 7) is 14.3. The van der Waals surface area contributed by atoms with Gasteiger partial charge in [-0.3, -0.25) is 9.59 Å². The minimum absolute atomic E-state index is 0.0974. The van der Waals surface area contributed by atoms with Gasteiger partial charge in [0.1, 0.15) is 5.78 Å². The van der Waals surface area contributed by atoms with Crippen molar-refractivity contribution in [2.75, 3.05) is 0 Å². The molecule has 2 aromatic carbocycles. The average molecular weight is 459 g/mol. The van der Waals surface area contributed by atoms with Crippen molar-refractivity contribution in [3.05, 3.63) is 83.4 Å². The van der Waals surface area contributed by atoms with Crippen LogP contribution in [0.2, 0.25) is 0 Å². The Labute approximate surface area is 204 Å². The van der Waals surface area contributed by atoms with E-state index in [4.69, 9.17) is 5.41 Å². The van der Waals surface area contributed by atoms with Gasteiger partial charge in [-0.25, -0.2) is 0 Å². The highest BCUT2D eigenvalue weighted by atomic mass is 16.1. The summed E-state index contributed by atoms with van der Waals surface area (Å²) in [5, 5.41) is 11.8. The van der Waals surface area contributed by atoms with Gasteiger partial charge in [-0.1, -0.05) is 68.8 Å². The molecule has 4 nitrogen and oxygen atoms in total. The molecule has 1 fully saturated rings. The molecule has 2 aromatic rings. The van der Waals surface area contributed by atoms with Gasteiger partial charge in [0.15, 0.2) is 0 Å². The minimum atomic E-state index is -0.296. The van der Waals surface area contributed by atoms with Gasteiger partial charge < -0.3 is 10.7 Å². The van der Waals surface area contributed by atoms with Crippen LogP contribution in [0.15, 0.2) is 61.2 Å². The fraction of sp³-hybridized carbons (Fsp3) is 0.433. The van der Waals surface area contributed by atoms with Crippen molar-refractivity contribution < 1.29 is 9.59 Å². The van der Waals surface area contributed by atoms with Crippen molar-refractivity contribution in [2.45, 2.75) is 59.9 Å². The zero-order valence-electron chi connectivity index (χ0n) is 21.2. The third kappa shape index (κ3) is 5.55. The van der Waals surface area contributed by atoms with Crippen molar-refractivity contribution in [3.8, 4) is 0 Å². The van der Waals surface area contributed by atoms with Gasteiger partial charge in [0.2, 0.25) is 0 Å². The maximum Gasteiger partial charge on any atom is 0.251 e. The number of carbonyl (C=O) groups excluding carboxylic acids is 2. The Morgan fingerprint density at radius 2 is 1.88 bits per heavy atom. The van der Waals surface area contributed by atoms with Crippen molar-refractivity contribution in [3.63, 3.8) is 0 Å².